The average Bonchev–Trinajstić information content (AvgIpc) is 2.50. The maximum absolute atomic E-state index is 11.9. The molecule has 5 heteroatoms. The monoisotopic (exact) mass is 285 g/mol. The molecular formula is C16H19N3O2. The van der Waals surface area contributed by atoms with E-state index in [1.807, 2.05) is 18.2 Å². The van der Waals surface area contributed by atoms with Crippen molar-refractivity contribution in [2.75, 3.05) is 24.2 Å². The molecule has 1 heterocycles. The van der Waals surface area contributed by atoms with Gasteiger partial charge < -0.3 is 15.8 Å². The van der Waals surface area contributed by atoms with E-state index >= 15 is 0 Å². The molecule has 1 aromatic heterocycles. The van der Waals surface area contributed by atoms with E-state index < -0.39 is 5.97 Å². The van der Waals surface area contributed by atoms with Crippen molar-refractivity contribution in [2.24, 2.45) is 0 Å². The molecule has 0 amide bonds. The molecule has 0 fully saturated rings. The van der Waals surface area contributed by atoms with Crippen LogP contribution in [-0.4, -0.2) is 24.1 Å². The van der Waals surface area contributed by atoms with E-state index in [2.05, 4.69) is 22.4 Å². The third kappa shape index (κ3) is 4.21. The Labute approximate surface area is 124 Å². The first-order valence-corrected chi connectivity index (χ1v) is 6.91. The van der Waals surface area contributed by atoms with Gasteiger partial charge >= 0.3 is 5.97 Å². The number of carbonyl (C=O) groups is 1. The first-order chi connectivity index (χ1) is 10.2. The lowest BCUT2D eigenvalue weighted by atomic mass is 10.1. The minimum atomic E-state index is -0.417. The van der Waals surface area contributed by atoms with E-state index in [4.69, 9.17) is 10.5 Å². The molecule has 2 rings (SSSR count). The summed E-state index contributed by atoms with van der Waals surface area (Å²) in [5.74, 6) is 0.0816. The van der Waals surface area contributed by atoms with Crippen LogP contribution in [0.4, 0.5) is 11.5 Å². The topological polar surface area (TPSA) is 77.2 Å². The summed E-state index contributed by atoms with van der Waals surface area (Å²) in [6, 6.07) is 11.7. The van der Waals surface area contributed by atoms with E-state index in [0.717, 1.165) is 6.42 Å². The molecule has 0 saturated heterocycles. The summed E-state index contributed by atoms with van der Waals surface area (Å²) >= 11 is 0. The van der Waals surface area contributed by atoms with Crippen molar-refractivity contribution < 1.29 is 9.53 Å². The van der Waals surface area contributed by atoms with Crippen molar-refractivity contribution in [3.8, 4) is 0 Å². The van der Waals surface area contributed by atoms with E-state index in [9.17, 15) is 4.79 Å². The van der Waals surface area contributed by atoms with Crippen LogP contribution in [0.5, 0.6) is 0 Å². The van der Waals surface area contributed by atoms with Crippen molar-refractivity contribution in [1.29, 1.82) is 0 Å². The highest BCUT2D eigenvalue weighted by atomic mass is 16.5. The first kappa shape index (κ1) is 14.8. The molecule has 0 spiro atoms. The number of benzene rings is 1. The van der Waals surface area contributed by atoms with Gasteiger partial charge in [-0.05, 0) is 25.0 Å². The summed E-state index contributed by atoms with van der Waals surface area (Å²) in [5, 5.41) is 3.16. The van der Waals surface area contributed by atoms with Crippen LogP contribution in [0.25, 0.3) is 0 Å². The number of esters is 1. The number of ether oxygens (including phenoxy) is 1. The lowest BCUT2D eigenvalue weighted by Crippen LogP contribution is -2.13. The number of rotatable bonds is 6. The minimum Gasteiger partial charge on any atom is -0.462 e. The number of hydrogen-bond donors (Lipinski definition) is 2. The fourth-order valence-electron chi connectivity index (χ4n) is 1.96. The second-order valence-corrected chi connectivity index (χ2v) is 4.55. The van der Waals surface area contributed by atoms with Gasteiger partial charge in [-0.2, -0.15) is 0 Å². The van der Waals surface area contributed by atoms with Crippen LogP contribution in [0, 0.1) is 0 Å². The molecule has 0 aliphatic rings. The van der Waals surface area contributed by atoms with Gasteiger partial charge in [0.2, 0.25) is 0 Å². The minimum absolute atomic E-state index is 0.317. The van der Waals surface area contributed by atoms with Crippen LogP contribution in [0.3, 0.4) is 0 Å². The fourth-order valence-corrected chi connectivity index (χ4v) is 1.96. The van der Waals surface area contributed by atoms with Gasteiger partial charge in [0.25, 0.3) is 0 Å². The highest BCUT2D eigenvalue weighted by Crippen LogP contribution is 2.17. The van der Waals surface area contributed by atoms with E-state index in [1.165, 1.54) is 11.8 Å². The third-order valence-corrected chi connectivity index (χ3v) is 2.95. The smallest absolute Gasteiger partial charge is 0.341 e. The molecule has 0 unspecified atom stereocenters. The molecule has 0 radical (unpaired) electrons. The molecule has 0 aliphatic carbocycles. The van der Waals surface area contributed by atoms with Crippen molar-refractivity contribution in [1.82, 2.24) is 4.98 Å². The lowest BCUT2D eigenvalue weighted by molar-refractivity contribution is 0.0527. The first-order valence-electron chi connectivity index (χ1n) is 6.91. The SMILES string of the molecule is CCOC(=O)c1cc(N)cnc1NCCc1ccccc1. The van der Waals surface area contributed by atoms with Gasteiger partial charge in [-0.1, -0.05) is 30.3 Å². The van der Waals surface area contributed by atoms with Crippen LogP contribution < -0.4 is 11.1 Å². The number of nitrogens with zero attached hydrogens (tertiary/aromatic N) is 1. The number of hydrogen-bond acceptors (Lipinski definition) is 5. The molecule has 2 aromatic rings. The highest BCUT2D eigenvalue weighted by molar-refractivity contribution is 5.95. The van der Waals surface area contributed by atoms with Gasteiger partial charge in [-0.25, -0.2) is 9.78 Å². The second kappa shape index (κ2) is 7.28. The zero-order valence-corrected chi connectivity index (χ0v) is 12.0. The molecule has 110 valence electrons. The predicted molar refractivity (Wildman–Crippen MR) is 83.2 cm³/mol. The Hall–Kier alpha value is -2.56. The van der Waals surface area contributed by atoms with Crippen molar-refractivity contribution >= 4 is 17.5 Å². The zero-order chi connectivity index (χ0) is 15.1. The largest absolute Gasteiger partial charge is 0.462 e. The number of nitrogens with two attached hydrogens (primary N) is 1. The van der Waals surface area contributed by atoms with E-state index in [1.54, 1.807) is 13.0 Å². The molecule has 3 N–H and O–H groups in total. The molecule has 5 nitrogen and oxygen atoms in total. The number of nitrogens with one attached hydrogen (secondary N) is 1. The highest BCUT2D eigenvalue weighted by Gasteiger charge is 2.14. The zero-order valence-electron chi connectivity index (χ0n) is 12.0. The summed E-state index contributed by atoms with van der Waals surface area (Å²) in [4.78, 5) is 16.1. The Bertz CT molecular complexity index is 600. The van der Waals surface area contributed by atoms with Gasteiger partial charge in [0.15, 0.2) is 0 Å². The quantitative estimate of drug-likeness (QED) is 0.797. The van der Waals surface area contributed by atoms with Gasteiger partial charge in [0, 0.05) is 6.54 Å². The summed E-state index contributed by atoms with van der Waals surface area (Å²) in [6.45, 7) is 2.75. The Kier molecular flexibility index (Phi) is 5.15. The van der Waals surface area contributed by atoms with E-state index in [-0.39, 0.29) is 0 Å². The number of anilines is 2. The summed E-state index contributed by atoms with van der Waals surface area (Å²) in [6.07, 6.45) is 2.36. The lowest BCUT2D eigenvalue weighted by Gasteiger charge is -2.11. The Balaban J connectivity index is 2.03. The molecule has 0 bridgehead atoms. The van der Waals surface area contributed by atoms with Crippen LogP contribution in [0.1, 0.15) is 22.8 Å². The summed E-state index contributed by atoms with van der Waals surface area (Å²) in [5.41, 5.74) is 7.71. The fraction of sp³-hybridized carbons (Fsp3) is 0.250. The number of nitrogen functional groups attached to an aromatic ring is 1. The maximum atomic E-state index is 11.9. The molecule has 1 aromatic carbocycles. The van der Waals surface area contributed by atoms with Crippen LogP contribution in [-0.2, 0) is 11.2 Å². The molecule has 0 aliphatic heterocycles. The third-order valence-electron chi connectivity index (χ3n) is 2.95. The number of pyridine rings is 1. The normalized spacial score (nSPS) is 10.1. The van der Waals surface area contributed by atoms with Gasteiger partial charge in [-0.15, -0.1) is 0 Å². The Morgan fingerprint density at radius 2 is 2.10 bits per heavy atom. The predicted octanol–water partition coefficient (Wildman–Crippen LogP) is 2.50. The standard InChI is InChI=1S/C16H19N3O2/c1-2-21-16(20)14-10-13(17)11-19-15(14)18-9-8-12-6-4-3-5-7-12/h3-7,10-11H,2,8-9,17H2,1H3,(H,18,19). The molecule has 21 heavy (non-hydrogen) atoms. The Morgan fingerprint density at radius 1 is 1.33 bits per heavy atom. The number of carbonyl (C=O) groups excluding carboxylic acids is 1. The van der Waals surface area contributed by atoms with Crippen LogP contribution in [0.15, 0.2) is 42.6 Å². The summed E-state index contributed by atoms with van der Waals surface area (Å²) in [7, 11) is 0. The maximum Gasteiger partial charge on any atom is 0.341 e. The van der Waals surface area contributed by atoms with Crippen molar-refractivity contribution in [3.05, 3.63) is 53.7 Å². The molecular weight excluding hydrogens is 266 g/mol. The van der Waals surface area contributed by atoms with Gasteiger partial charge in [0.05, 0.1) is 18.5 Å². The van der Waals surface area contributed by atoms with Crippen molar-refractivity contribution in [2.45, 2.75) is 13.3 Å². The second-order valence-electron chi connectivity index (χ2n) is 4.55. The summed E-state index contributed by atoms with van der Waals surface area (Å²) < 4.78 is 5.01. The van der Waals surface area contributed by atoms with Crippen molar-refractivity contribution in [3.63, 3.8) is 0 Å². The average molecular weight is 285 g/mol. The Morgan fingerprint density at radius 3 is 2.81 bits per heavy atom. The number of aromatic nitrogens is 1. The van der Waals surface area contributed by atoms with Gasteiger partial charge in [-0.3, -0.25) is 0 Å². The van der Waals surface area contributed by atoms with Crippen LogP contribution in [0.2, 0.25) is 0 Å². The van der Waals surface area contributed by atoms with E-state index in [0.29, 0.717) is 30.2 Å². The molecule has 0 atom stereocenters. The van der Waals surface area contributed by atoms with Crippen LogP contribution >= 0.6 is 0 Å². The van der Waals surface area contributed by atoms with Gasteiger partial charge in [0.1, 0.15) is 11.4 Å². The molecule has 0 saturated carbocycles.